The third-order valence-corrected chi connectivity index (χ3v) is 2.88. The molecule has 3 nitrogen and oxygen atoms in total. The fraction of sp³-hybridized carbons (Fsp3) is 0.562. The summed E-state index contributed by atoms with van der Waals surface area (Å²) < 4.78 is 0. The fourth-order valence-electron chi connectivity index (χ4n) is 2.29. The van der Waals surface area contributed by atoms with Crippen molar-refractivity contribution in [2.45, 2.75) is 47.1 Å². The molecule has 0 aliphatic heterocycles. The monoisotopic (exact) mass is 262 g/mol. The van der Waals surface area contributed by atoms with Crippen LogP contribution in [0, 0.1) is 19.3 Å². The molecule has 1 rings (SSSR count). The lowest BCUT2D eigenvalue weighted by Gasteiger charge is -2.23. The molecular formula is C16H26N2O. The van der Waals surface area contributed by atoms with Gasteiger partial charge in [0, 0.05) is 18.2 Å². The van der Waals surface area contributed by atoms with Crippen molar-refractivity contribution in [3.63, 3.8) is 0 Å². The number of carbonyl (C=O) groups excluding carboxylic acids is 1. The summed E-state index contributed by atoms with van der Waals surface area (Å²) in [6, 6.07) is 5.85. The summed E-state index contributed by atoms with van der Waals surface area (Å²) in [5.74, 6) is -0.0452. The number of benzene rings is 1. The Morgan fingerprint density at radius 2 is 1.74 bits per heavy atom. The third-order valence-electron chi connectivity index (χ3n) is 2.88. The average Bonchev–Trinajstić information content (AvgIpc) is 2.22. The second-order valence-corrected chi connectivity index (χ2v) is 6.61. The maximum atomic E-state index is 12.1. The molecule has 1 atom stereocenters. The van der Waals surface area contributed by atoms with Gasteiger partial charge in [0.1, 0.15) is 0 Å². The predicted molar refractivity (Wildman–Crippen MR) is 80.3 cm³/mol. The van der Waals surface area contributed by atoms with Crippen LogP contribution in [0.2, 0.25) is 0 Å². The number of hydrogen-bond acceptors (Lipinski definition) is 2. The molecular weight excluding hydrogens is 236 g/mol. The summed E-state index contributed by atoms with van der Waals surface area (Å²) in [4.78, 5) is 12.1. The molecule has 0 bridgehead atoms. The van der Waals surface area contributed by atoms with Gasteiger partial charge in [-0.3, -0.25) is 4.79 Å². The fourth-order valence-corrected chi connectivity index (χ4v) is 2.29. The highest BCUT2D eigenvalue weighted by atomic mass is 16.1. The molecule has 0 saturated heterocycles. The lowest BCUT2D eigenvalue weighted by molar-refractivity contribution is 0.0948. The van der Waals surface area contributed by atoms with E-state index in [1.807, 2.05) is 26.0 Å². The van der Waals surface area contributed by atoms with E-state index < -0.39 is 0 Å². The summed E-state index contributed by atoms with van der Waals surface area (Å²) in [5.41, 5.74) is 9.13. The number of nitrogens with two attached hydrogens (primary N) is 1. The van der Waals surface area contributed by atoms with Crippen molar-refractivity contribution in [3.8, 4) is 0 Å². The Kier molecular flexibility index (Phi) is 5.12. The van der Waals surface area contributed by atoms with Crippen molar-refractivity contribution in [3.05, 3.63) is 34.9 Å². The number of hydrogen-bond donors (Lipinski definition) is 2. The van der Waals surface area contributed by atoms with Gasteiger partial charge in [0.05, 0.1) is 0 Å². The Balaban J connectivity index is 2.56. The van der Waals surface area contributed by atoms with Crippen molar-refractivity contribution < 1.29 is 4.79 Å². The van der Waals surface area contributed by atoms with Crippen molar-refractivity contribution >= 4 is 5.91 Å². The van der Waals surface area contributed by atoms with Crippen LogP contribution in [-0.2, 0) is 0 Å². The van der Waals surface area contributed by atoms with Gasteiger partial charge >= 0.3 is 0 Å². The first-order valence-electron chi connectivity index (χ1n) is 6.79. The number of rotatable bonds is 4. The smallest absolute Gasteiger partial charge is 0.251 e. The minimum Gasteiger partial charge on any atom is -0.350 e. The molecule has 0 spiro atoms. The highest BCUT2D eigenvalue weighted by molar-refractivity contribution is 5.94. The molecule has 0 radical (unpaired) electrons. The zero-order valence-electron chi connectivity index (χ0n) is 12.7. The van der Waals surface area contributed by atoms with E-state index in [-0.39, 0.29) is 17.4 Å². The van der Waals surface area contributed by atoms with Gasteiger partial charge in [0.15, 0.2) is 0 Å². The van der Waals surface area contributed by atoms with Crippen LogP contribution in [0.25, 0.3) is 0 Å². The lowest BCUT2D eigenvalue weighted by Crippen LogP contribution is -2.39. The summed E-state index contributed by atoms with van der Waals surface area (Å²) in [6.45, 7) is 11.0. The zero-order chi connectivity index (χ0) is 14.6. The maximum Gasteiger partial charge on any atom is 0.251 e. The molecule has 3 N–H and O–H groups in total. The molecule has 1 unspecified atom stereocenters. The SMILES string of the molecule is Cc1cc(C)cc(C(=O)NCC(N)CC(C)(C)C)c1. The van der Waals surface area contributed by atoms with Crippen LogP contribution in [0.15, 0.2) is 18.2 Å². The number of carbonyl (C=O) groups is 1. The summed E-state index contributed by atoms with van der Waals surface area (Å²) in [7, 11) is 0. The van der Waals surface area contributed by atoms with Crippen molar-refractivity contribution in [1.29, 1.82) is 0 Å². The first-order chi connectivity index (χ1) is 8.67. The molecule has 0 fully saturated rings. The van der Waals surface area contributed by atoms with Gasteiger partial charge < -0.3 is 11.1 Å². The Bertz CT molecular complexity index is 426. The molecule has 106 valence electrons. The Hall–Kier alpha value is -1.35. The van der Waals surface area contributed by atoms with E-state index in [0.717, 1.165) is 17.5 Å². The Labute approximate surface area is 116 Å². The second-order valence-electron chi connectivity index (χ2n) is 6.61. The largest absolute Gasteiger partial charge is 0.350 e. The molecule has 0 heterocycles. The number of nitrogens with one attached hydrogen (secondary N) is 1. The first-order valence-corrected chi connectivity index (χ1v) is 6.79. The Morgan fingerprint density at radius 3 is 2.21 bits per heavy atom. The van der Waals surface area contributed by atoms with E-state index in [2.05, 4.69) is 32.2 Å². The molecule has 3 heteroatoms. The van der Waals surface area contributed by atoms with Gasteiger partial charge in [-0.1, -0.05) is 38.0 Å². The summed E-state index contributed by atoms with van der Waals surface area (Å²) in [6.07, 6.45) is 0.889. The van der Waals surface area contributed by atoms with E-state index in [0.29, 0.717) is 12.1 Å². The second kappa shape index (κ2) is 6.20. The minimum absolute atomic E-state index is 0.00476. The van der Waals surface area contributed by atoms with Crippen LogP contribution < -0.4 is 11.1 Å². The average molecular weight is 262 g/mol. The van der Waals surface area contributed by atoms with Gasteiger partial charge in [0.2, 0.25) is 0 Å². The van der Waals surface area contributed by atoms with Crippen LogP contribution in [0.3, 0.4) is 0 Å². The van der Waals surface area contributed by atoms with Crippen LogP contribution >= 0.6 is 0 Å². The van der Waals surface area contributed by atoms with Crippen molar-refractivity contribution in [1.82, 2.24) is 5.32 Å². The van der Waals surface area contributed by atoms with E-state index in [1.54, 1.807) is 0 Å². The molecule has 1 aromatic carbocycles. The quantitative estimate of drug-likeness (QED) is 0.876. The van der Waals surface area contributed by atoms with Gasteiger partial charge in [-0.05, 0) is 37.8 Å². The molecule has 0 saturated carbocycles. The molecule has 1 aromatic rings. The van der Waals surface area contributed by atoms with E-state index >= 15 is 0 Å². The van der Waals surface area contributed by atoms with Gasteiger partial charge in [-0.25, -0.2) is 0 Å². The topological polar surface area (TPSA) is 55.1 Å². The van der Waals surface area contributed by atoms with Crippen molar-refractivity contribution in [2.75, 3.05) is 6.54 Å². The maximum absolute atomic E-state index is 12.1. The number of aryl methyl sites for hydroxylation is 2. The van der Waals surface area contributed by atoms with E-state index in [1.165, 1.54) is 0 Å². The zero-order valence-corrected chi connectivity index (χ0v) is 12.7. The summed E-state index contributed by atoms with van der Waals surface area (Å²) in [5, 5.41) is 2.91. The van der Waals surface area contributed by atoms with Crippen molar-refractivity contribution in [2.24, 2.45) is 11.1 Å². The Morgan fingerprint density at radius 1 is 1.21 bits per heavy atom. The lowest BCUT2D eigenvalue weighted by atomic mass is 9.88. The summed E-state index contributed by atoms with van der Waals surface area (Å²) >= 11 is 0. The highest BCUT2D eigenvalue weighted by Gasteiger charge is 2.16. The van der Waals surface area contributed by atoms with Crippen LogP contribution in [0.4, 0.5) is 0 Å². The molecule has 19 heavy (non-hydrogen) atoms. The van der Waals surface area contributed by atoms with E-state index in [4.69, 9.17) is 5.73 Å². The molecule has 0 aromatic heterocycles. The van der Waals surface area contributed by atoms with Crippen LogP contribution in [-0.4, -0.2) is 18.5 Å². The standard InChI is InChI=1S/C16H26N2O/c1-11-6-12(2)8-13(7-11)15(19)18-10-14(17)9-16(3,4)5/h6-8,14H,9-10,17H2,1-5H3,(H,18,19). The first kappa shape index (κ1) is 15.7. The van der Waals surface area contributed by atoms with E-state index in [9.17, 15) is 4.79 Å². The highest BCUT2D eigenvalue weighted by Crippen LogP contribution is 2.19. The van der Waals surface area contributed by atoms with Crippen LogP contribution in [0.1, 0.15) is 48.7 Å². The third kappa shape index (κ3) is 5.88. The van der Waals surface area contributed by atoms with Crippen LogP contribution in [0.5, 0.6) is 0 Å². The molecule has 0 aliphatic rings. The molecule has 1 amide bonds. The molecule has 0 aliphatic carbocycles. The predicted octanol–water partition coefficient (Wildman–Crippen LogP) is 2.80. The minimum atomic E-state index is -0.0452. The van der Waals surface area contributed by atoms with Gasteiger partial charge in [-0.2, -0.15) is 0 Å². The normalized spacial score (nSPS) is 13.2. The number of amides is 1. The van der Waals surface area contributed by atoms with Gasteiger partial charge in [-0.15, -0.1) is 0 Å². The van der Waals surface area contributed by atoms with Gasteiger partial charge in [0.25, 0.3) is 5.91 Å².